The van der Waals surface area contributed by atoms with Crippen LogP contribution in [0.25, 0.3) is 11.1 Å². The van der Waals surface area contributed by atoms with Crippen molar-refractivity contribution in [2.24, 2.45) is 0 Å². The van der Waals surface area contributed by atoms with Crippen molar-refractivity contribution in [3.63, 3.8) is 0 Å². The average molecular weight is 363 g/mol. The molecule has 0 bridgehead atoms. The molecule has 5 nitrogen and oxygen atoms in total. The fourth-order valence-electron chi connectivity index (χ4n) is 4.24. The highest BCUT2D eigenvalue weighted by Crippen LogP contribution is 2.37. The minimum Gasteiger partial charge on any atom is -0.349 e. The van der Waals surface area contributed by atoms with Crippen LogP contribution in [-0.4, -0.2) is 23.8 Å². The van der Waals surface area contributed by atoms with Gasteiger partial charge in [-0.15, -0.1) is 0 Å². The number of fused-ring (bicyclic) bond motifs is 2. The second kappa shape index (κ2) is 7.14. The summed E-state index contributed by atoms with van der Waals surface area (Å²) in [7, 11) is 1.84. The average Bonchev–Trinajstić information content (AvgIpc) is 2.70. The second-order valence-corrected chi connectivity index (χ2v) is 7.42. The van der Waals surface area contributed by atoms with E-state index < -0.39 is 0 Å². The number of aryl methyl sites for hydroxylation is 1. The number of anilines is 1. The van der Waals surface area contributed by atoms with Gasteiger partial charge in [0, 0.05) is 43.5 Å². The van der Waals surface area contributed by atoms with Crippen LogP contribution in [0.4, 0.5) is 5.69 Å². The quantitative estimate of drug-likeness (QED) is 0.907. The number of nitrogens with zero attached hydrogens (tertiary/aromatic N) is 2. The molecule has 1 aliphatic heterocycles. The largest absolute Gasteiger partial charge is 0.349 e. The molecule has 27 heavy (non-hydrogen) atoms. The lowest BCUT2D eigenvalue weighted by Crippen LogP contribution is -2.31. The van der Waals surface area contributed by atoms with E-state index in [0.717, 1.165) is 48.1 Å². The first kappa shape index (κ1) is 17.7. The number of carbonyl (C=O) groups excluding carboxylic acids is 2. The summed E-state index contributed by atoms with van der Waals surface area (Å²) in [4.78, 5) is 30.1. The van der Waals surface area contributed by atoms with Crippen LogP contribution in [0.2, 0.25) is 0 Å². The predicted molar refractivity (Wildman–Crippen MR) is 106 cm³/mol. The summed E-state index contributed by atoms with van der Waals surface area (Å²) in [6, 6.07) is 6.37. The van der Waals surface area contributed by atoms with Crippen molar-refractivity contribution in [2.45, 2.75) is 51.5 Å². The summed E-state index contributed by atoms with van der Waals surface area (Å²) in [5.41, 5.74) is 6.93. The van der Waals surface area contributed by atoms with Crippen molar-refractivity contribution in [2.75, 3.05) is 11.9 Å². The molecule has 0 saturated carbocycles. The van der Waals surface area contributed by atoms with Gasteiger partial charge in [0.15, 0.2) is 0 Å². The minimum absolute atomic E-state index is 0.0510. The molecule has 5 heteroatoms. The van der Waals surface area contributed by atoms with Crippen LogP contribution in [0.15, 0.2) is 30.6 Å². The van der Waals surface area contributed by atoms with E-state index in [0.29, 0.717) is 12.8 Å². The van der Waals surface area contributed by atoms with Crippen molar-refractivity contribution >= 4 is 17.5 Å². The predicted octanol–water partition coefficient (Wildman–Crippen LogP) is 3.56. The molecule has 1 atom stereocenters. The van der Waals surface area contributed by atoms with E-state index in [1.807, 2.05) is 32.4 Å². The van der Waals surface area contributed by atoms with Gasteiger partial charge in [-0.3, -0.25) is 14.6 Å². The van der Waals surface area contributed by atoms with E-state index in [2.05, 4.69) is 22.4 Å². The Bertz CT molecular complexity index is 906. The zero-order valence-corrected chi connectivity index (χ0v) is 15.9. The molecule has 0 unspecified atom stereocenters. The molecule has 0 fully saturated rings. The van der Waals surface area contributed by atoms with Crippen LogP contribution < -0.4 is 10.2 Å². The van der Waals surface area contributed by atoms with Gasteiger partial charge in [-0.2, -0.15) is 0 Å². The van der Waals surface area contributed by atoms with Crippen molar-refractivity contribution < 1.29 is 9.59 Å². The van der Waals surface area contributed by atoms with Crippen molar-refractivity contribution in [1.29, 1.82) is 0 Å². The summed E-state index contributed by atoms with van der Waals surface area (Å²) < 4.78 is 0. The standard InChI is InChI=1S/C22H25N3O2/c1-3-21(26)24-19-6-4-5-16-17(12-23-13-18(16)19)14-7-9-20-15(11-14)8-10-22(27)25(20)2/h7,9,11-13,19H,3-6,8,10H2,1-2H3,(H,24,26)/t19-/m0/s1. The highest BCUT2D eigenvalue weighted by atomic mass is 16.2. The molecule has 2 amide bonds. The molecule has 1 aromatic carbocycles. The number of nitrogens with one attached hydrogen (secondary N) is 1. The SMILES string of the molecule is CCC(=O)N[C@H]1CCCc2c(-c3ccc4c(c3)CCC(=O)N4C)cncc21. The maximum Gasteiger partial charge on any atom is 0.227 e. The van der Waals surface area contributed by atoms with Crippen molar-refractivity contribution in [1.82, 2.24) is 10.3 Å². The minimum atomic E-state index is 0.0510. The van der Waals surface area contributed by atoms with Crippen LogP contribution in [0.5, 0.6) is 0 Å². The smallest absolute Gasteiger partial charge is 0.227 e. The third-order valence-corrected chi connectivity index (χ3v) is 5.78. The number of amides is 2. The summed E-state index contributed by atoms with van der Waals surface area (Å²) >= 11 is 0. The lowest BCUT2D eigenvalue weighted by atomic mass is 9.84. The lowest BCUT2D eigenvalue weighted by molar-refractivity contribution is -0.121. The van der Waals surface area contributed by atoms with Gasteiger partial charge in [0.05, 0.1) is 6.04 Å². The molecule has 2 aliphatic rings. The Morgan fingerprint density at radius 2 is 2.11 bits per heavy atom. The number of carbonyl (C=O) groups is 2. The summed E-state index contributed by atoms with van der Waals surface area (Å²) in [6.07, 6.45) is 8.69. The molecule has 0 spiro atoms. The van der Waals surface area contributed by atoms with Crippen LogP contribution in [-0.2, 0) is 22.4 Å². The third-order valence-electron chi connectivity index (χ3n) is 5.78. The molecule has 2 heterocycles. The number of pyridine rings is 1. The lowest BCUT2D eigenvalue weighted by Gasteiger charge is -2.29. The van der Waals surface area contributed by atoms with Crippen LogP contribution in [0, 0.1) is 0 Å². The third kappa shape index (κ3) is 3.22. The molecular weight excluding hydrogens is 338 g/mol. The zero-order chi connectivity index (χ0) is 19.0. The Kier molecular flexibility index (Phi) is 4.68. The Labute approximate surface area is 159 Å². The maximum atomic E-state index is 11.9. The highest BCUT2D eigenvalue weighted by molar-refractivity contribution is 5.96. The molecule has 4 rings (SSSR count). The van der Waals surface area contributed by atoms with Crippen LogP contribution in [0.3, 0.4) is 0 Å². The van der Waals surface area contributed by atoms with Gasteiger partial charge in [0.2, 0.25) is 11.8 Å². The van der Waals surface area contributed by atoms with E-state index in [4.69, 9.17) is 0 Å². The van der Waals surface area contributed by atoms with Gasteiger partial charge in [0.1, 0.15) is 0 Å². The number of hydrogen-bond donors (Lipinski definition) is 1. The normalized spacial score (nSPS) is 18.7. The number of aromatic nitrogens is 1. The molecular formula is C22H25N3O2. The van der Waals surface area contributed by atoms with Crippen molar-refractivity contribution in [3.8, 4) is 11.1 Å². The first-order chi connectivity index (χ1) is 13.1. The van der Waals surface area contributed by atoms with E-state index in [9.17, 15) is 9.59 Å². The molecule has 0 saturated heterocycles. The topological polar surface area (TPSA) is 62.3 Å². The summed E-state index contributed by atoms with van der Waals surface area (Å²) in [5.74, 6) is 0.253. The van der Waals surface area contributed by atoms with Crippen molar-refractivity contribution in [3.05, 3.63) is 47.3 Å². The highest BCUT2D eigenvalue weighted by Gasteiger charge is 2.25. The summed E-state index contributed by atoms with van der Waals surface area (Å²) in [5, 5.41) is 3.14. The zero-order valence-electron chi connectivity index (χ0n) is 15.9. The van der Waals surface area contributed by atoms with E-state index in [1.54, 1.807) is 4.90 Å². The molecule has 1 aromatic heterocycles. The number of rotatable bonds is 3. The Balaban J connectivity index is 1.73. The van der Waals surface area contributed by atoms with Gasteiger partial charge in [-0.05, 0) is 60.1 Å². The van der Waals surface area contributed by atoms with Crippen LogP contribution in [0.1, 0.15) is 55.3 Å². The first-order valence-corrected chi connectivity index (χ1v) is 9.74. The Hall–Kier alpha value is -2.69. The van der Waals surface area contributed by atoms with E-state index in [-0.39, 0.29) is 17.9 Å². The second-order valence-electron chi connectivity index (χ2n) is 7.42. The van der Waals surface area contributed by atoms with E-state index >= 15 is 0 Å². The molecule has 2 aromatic rings. The fraction of sp³-hybridized carbons (Fsp3) is 0.409. The Morgan fingerprint density at radius 1 is 1.26 bits per heavy atom. The number of benzene rings is 1. The fourth-order valence-corrected chi connectivity index (χ4v) is 4.24. The van der Waals surface area contributed by atoms with E-state index in [1.165, 1.54) is 11.1 Å². The molecule has 0 radical (unpaired) electrons. The monoisotopic (exact) mass is 363 g/mol. The molecule has 1 N–H and O–H groups in total. The molecule has 140 valence electrons. The number of hydrogen-bond acceptors (Lipinski definition) is 3. The Morgan fingerprint density at radius 3 is 2.93 bits per heavy atom. The van der Waals surface area contributed by atoms with Gasteiger partial charge in [0.25, 0.3) is 0 Å². The van der Waals surface area contributed by atoms with Gasteiger partial charge < -0.3 is 10.2 Å². The van der Waals surface area contributed by atoms with Crippen LogP contribution >= 0.6 is 0 Å². The van der Waals surface area contributed by atoms with Gasteiger partial charge in [-0.25, -0.2) is 0 Å². The summed E-state index contributed by atoms with van der Waals surface area (Å²) in [6.45, 7) is 1.88. The first-order valence-electron chi connectivity index (χ1n) is 9.74. The molecule has 1 aliphatic carbocycles. The maximum absolute atomic E-state index is 11.9. The van der Waals surface area contributed by atoms with Gasteiger partial charge in [-0.1, -0.05) is 13.0 Å². The van der Waals surface area contributed by atoms with Gasteiger partial charge >= 0.3 is 0 Å².